The number of carbonyl (C=O) groups is 2. The second kappa shape index (κ2) is 14.5. The maximum absolute atomic E-state index is 17.9. The molecule has 6 aliphatic rings. The van der Waals surface area contributed by atoms with Crippen molar-refractivity contribution in [2.24, 2.45) is 17.3 Å². The van der Waals surface area contributed by atoms with Crippen LogP contribution < -0.4 is 15.0 Å². The summed E-state index contributed by atoms with van der Waals surface area (Å²) >= 11 is 0.812. The van der Waals surface area contributed by atoms with Crippen LogP contribution in [-0.2, 0) is 27.4 Å². The molecule has 7 heterocycles. The zero-order valence-electron chi connectivity index (χ0n) is 35.9. The number of nitrogens with one attached hydrogen (secondary N) is 1. The molecule has 63 heavy (non-hydrogen) atoms. The van der Waals surface area contributed by atoms with Crippen molar-refractivity contribution in [1.29, 1.82) is 5.26 Å². The van der Waals surface area contributed by atoms with Crippen molar-refractivity contribution in [1.82, 2.24) is 24.8 Å². The summed E-state index contributed by atoms with van der Waals surface area (Å²) in [7, 11) is 0. The lowest BCUT2D eigenvalue weighted by molar-refractivity contribution is 0.0208. The largest absolute Gasteiger partial charge is 0.463 e. The zero-order valence-corrected chi connectivity index (χ0v) is 36.7. The molecule has 5 fully saturated rings. The Balaban J connectivity index is 1.07. The number of fused-ring (bicyclic) bond motifs is 7. The quantitative estimate of drug-likeness (QED) is 0.169. The lowest BCUT2D eigenvalue weighted by atomic mass is 9.93. The van der Waals surface area contributed by atoms with Gasteiger partial charge in [0.15, 0.2) is 11.6 Å². The van der Waals surface area contributed by atoms with Crippen molar-refractivity contribution in [2.45, 2.75) is 110 Å². The third-order valence-electron chi connectivity index (χ3n) is 13.1. The van der Waals surface area contributed by atoms with E-state index in [4.69, 9.17) is 28.9 Å². The fourth-order valence-electron chi connectivity index (χ4n) is 10.0. The summed E-state index contributed by atoms with van der Waals surface area (Å²) < 4.78 is 85.2. The first-order chi connectivity index (χ1) is 29.7. The van der Waals surface area contributed by atoms with E-state index in [1.807, 2.05) is 20.8 Å². The van der Waals surface area contributed by atoms with Gasteiger partial charge in [0.25, 0.3) is 5.92 Å². The van der Waals surface area contributed by atoms with Crippen LogP contribution in [-0.4, -0.2) is 105 Å². The smallest absolute Gasteiger partial charge is 0.412 e. The van der Waals surface area contributed by atoms with Gasteiger partial charge in [-0.1, -0.05) is 0 Å². The van der Waals surface area contributed by atoms with E-state index in [2.05, 4.69) is 26.2 Å². The molecule has 1 aromatic carbocycles. The van der Waals surface area contributed by atoms with E-state index < -0.39 is 52.8 Å². The number of halogens is 4. The molecule has 10 rings (SSSR count). The fourth-order valence-corrected chi connectivity index (χ4v) is 11.0. The van der Waals surface area contributed by atoms with Gasteiger partial charge >= 0.3 is 18.2 Å². The van der Waals surface area contributed by atoms with Gasteiger partial charge in [0.2, 0.25) is 0 Å². The summed E-state index contributed by atoms with van der Waals surface area (Å²) in [4.78, 5) is 46.2. The normalized spacial score (nSPS) is 24.3. The maximum atomic E-state index is 17.9. The van der Waals surface area contributed by atoms with E-state index >= 15 is 8.78 Å². The minimum atomic E-state index is -2.58. The number of alkyl halides is 2. The number of rotatable bonds is 8. The van der Waals surface area contributed by atoms with Crippen LogP contribution in [0.25, 0.3) is 32.2 Å². The Morgan fingerprint density at radius 2 is 1.63 bits per heavy atom. The highest BCUT2D eigenvalue weighted by Gasteiger charge is 2.72. The number of amides is 2. The van der Waals surface area contributed by atoms with Gasteiger partial charge in [-0.05, 0) is 78.4 Å². The molecular weight excluding hydrogens is 845 g/mol. The summed E-state index contributed by atoms with van der Waals surface area (Å²) in [5.74, 6) is -4.93. The molecule has 4 aromatic rings. The number of hydrogen-bond donors (Lipinski definition) is 1. The predicted octanol–water partition coefficient (Wildman–Crippen LogP) is 8.38. The van der Waals surface area contributed by atoms with Crippen LogP contribution in [0.1, 0.15) is 83.9 Å². The number of aromatic nitrogens is 3. The molecule has 4 aliphatic heterocycles. The molecular formula is C44H48F4N8O6S. The number of benzene rings is 1. The molecule has 14 nitrogen and oxygen atoms in total. The molecule has 0 spiro atoms. The van der Waals surface area contributed by atoms with Gasteiger partial charge in [-0.3, -0.25) is 10.3 Å². The highest BCUT2D eigenvalue weighted by atomic mass is 32.1. The number of thiophene rings is 1. The highest BCUT2D eigenvalue weighted by molar-refractivity contribution is 7.23. The number of ether oxygens (including phenoxy) is 4. The number of piperidine rings is 1. The van der Waals surface area contributed by atoms with Gasteiger partial charge in [0.1, 0.15) is 33.6 Å². The highest BCUT2D eigenvalue weighted by Crippen LogP contribution is 2.60. The van der Waals surface area contributed by atoms with Gasteiger partial charge in [0.05, 0.1) is 47.4 Å². The summed E-state index contributed by atoms with van der Waals surface area (Å²) in [5, 5.41) is 13.5. The number of nitriles is 1. The van der Waals surface area contributed by atoms with Crippen molar-refractivity contribution in [3.8, 4) is 23.3 Å². The first-order valence-corrected chi connectivity index (χ1v) is 22.2. The maximum Gasteiger partial charge on any atom is 0.412 e. The summed E-state index contributed by atoms with van der Waals surface area (Å²) in [6.45, 7) is 12.7. The lowest BCUT2D eigenvalue weighted by Gasteiger charge is -2.42. The molecule has 2 aliphatic carbocycles. The third kappa shape index (κ3) is 7.35. The van der Waals surface area contributed by atoms with Crippen LogP contribution in [0.5, 0.6) is 6.01 Å². The first kappa shape index (κ1) is 41.9. The van der Waals surface area contributed by atoms with Crippen molar-refractivity contribution in [2.75, 3.05) is 49.5 Å². The molecule has 3 saturated heterocycles. The average Bonchev–Trinajstić information content (AvgIpc) is 3.61. The number of carbonyl (C=O) groups excluding carboxylic acids is 2. The van der Waals surface area contributed by atoms with Gasteiger partial charge in [0, 0.05) is 73.0 Å². The molecule has 4 unspecified atom stereocenters. The van der Waals surface area contributed by atoms with Crippen LogP contribution in [0.2, 0.25) is 0 Å². The summed E-state index contributed by atoms with van der Waals surface area (Å²) in [6.07, 6.45) is 2.82. The van der Waals surface area contributed by atoms with Crippen LogP contribution in [0.3, 0.4) is 0 Å². The average molecular weight is 893 g/mol. The molecule has 2 amide bonds. The number of hydrogen-bond acceptors (Lipinski definition) is 13. The molecule has 2 bridgehead atoms. The van der Waals surface area contributed by atoms with E-state index in [-0.39, 0.29) is 80.8 Å². The molecule has 2 saturated carbocycles. The second-order valence-corrected chi connectivity index (χ2v) is 21.0. The molecule has 0 radical (unpaired) electrons. The van der Waals surface area contributed by atoms with E-state index in [0.717, 1.165) is 43.2 Å². The minimum absolute atomic E-state index is 0.0101. The Bertz CT molecular complexity index is 2610. The van der Waals surface area contributed by atoms with Crippen molar-refractivity contribution < 1.29 is 46.1 Å². The summed E-state index contributed by atoms with van der Waals surface area (Å²) in [5.41, 5.74) is -1.07. The van der Waals surface area contributed by atoms with Gasteiger partial charge in [-0.2, -0.15) is 15.2 Å². The lowest BCUT2D eigenvalue weighted by Crippen LogP contribution is -2.56. The number of pyridine rings is 1. The Labute approximate surface area is 364 Å². The molecule has 334 valence electrons. The van der Waals surface area contributed by atoms with Crippen LogP contribution in [0, 0.1) is 40.2 Å². The van der Waals surface area contributed by atoms with Gasteiger partial charge < -0.3 is 33.6 Å². The standard InChI is InChI=1S/C44H48F4N8O6S/c1-41(2,3)61-39(57)53-37-23(11-49)30-33(50-12-28(45)35(30)63-37)29-24-17-59-18-25(24)31-34(32(29)46)51-38(60-20-43(9-10-43)19-54-15-26-27(16-54)44(26,47)48)52-36(31)56-21-7-8-22(56)14-55(13-21)40(58)62-42(4,5)6/h12,21-22,26-27H,7-10,13-20H2,1-6H3,(H,53,57). The first-order valence-electron chi connectivity index (χ1n) is 21.4. The monoisotopic (exact) mass is 892 g/mol. The fraction of sp³-hybridized carbons (Fsp3) is 0.591. The van der Waals surface area contributed by atoms with E-state index in [0.29, 0.717) is 55.1 Å². The van der Waals surface area contributed by atoms with Crippen LogP contribution in [0.4, 0.5) is 38.0 Å². The zero-order chi connectivity index (χ0) is 44.5. The van der Waals surface area contributed by atoms with E-state index in [1.54, 1.807) is 25.7 Å². The number of likely N-dealkylation sites (tertiary alicyclic amines) is 2. The molecule has 4 atom stereocenters. The Kier molecular flexibility index (Phi) is 9.63. The van der Waals surface area contributed by atoms with Gasteiger partial charge in [-0.15, -0.1) is 11.3 Å². The topological polar surface area (TPSA) is 155 Å². The van der Waals surface area contributed by atoms with Gasteiger partial charge in [-0.25, -0.2) is 27.2 Å². The Hall–Kier alpha value is -5.06. The van der Waals surface area contributed by atoms with Crippen molar-refractivity contribution in [3.63, 3.8) is 0 Å². The van der Waals surface area contributed by atoms with Crippen LogP contribution in [0.15, 0.2) is 6.20 Å². The molecule has 1 N–H and O–H groups in total. The SMILES string of the molecule is CC(C)(C)OC(=O)Nc1sc2c(F)cnc(-c3c4c(c5c(N6C7CCC6CN(C(=O)OC(C)(C)C)C7)nc(OCC6(CN7CC8C(C7)C8(F)F)CC6)nc5c3F)COC4)c2c1C#N. The number of piperazine rings is 1. The number of anilines is 2. The summed E-state index contributed by atoms with van der Waals surface area (Å²) in [6, 6.07) is 1.60. The number of nitrogens with zero attached hydrogens (tertiary/aromatic N) is 7. The predicted molar refractivity (Wildman–Crippen MR) is 224 cm³/mol. The Morgan fingerprint density at radius 1 is 0.968 bits per heavy atom. The van der Waals surface area contributed by atoms with Crippen LogP contribution >= 0.6 is 11.3 Å². The second-order valence-electron chi connectivity index (χ2n) is 19.9. The molecule has 3 aromatic heterocycles. The van der Waals surface area contributed by atoms with Crippen molar-refractivity contribution >= 4 is 55.3 Å². The minimum Gasteiger partial charge on any atom is -0.463 e. The van der Waals surface area contributed by atoms with E-state index in [1.165, 1.54) is 0 Å². The Morgan fingerprint density at radius 3 is 2.27 bits per heavy atom. The molecule has 19 heteroatoms. The third-order valence-corrected chi connectivity index (χ3v) is 14.2. The van der Waals surface area contributed by atoms with Crippen molar-refractivity contribution in [3.05, 3.63) is 34.5 Å². The van der Waals surface area contributed by atoms with E-state index in [9.17, 15) is 23.6 Å².